The van der Waals surface area contributed by atoms with Gasteiger partial charge in [-0.2, -0.15) is 0 Å². The van der Waals surface area contributed by atoms with E-state index in [4.69, 9.17) is 4.74 Å². The number of ether oxygens (including phenoxy) is 1. The predicted octanol–water partition coefficient (Wildman–Crippen LogP) is 2.35. The predicted molar refractivity (Wildman–Crippen MR) is 65.2 cm³/mol. The molecule has 3 nitrogen and oxygen atoms in total. The van der Waals surface area contributed by atoms with Gasteiger partial charge >= 0.3 is 5.97 Å². The molecule has 0 aromatic heterocycles. The smallest absolute Gasteiger partial charge is 0.308 e. The minimum atomic E-state index is -0.0396. The molecule has 1 N–H and O–H groups in total. The molecule has 1 rings (SSSR count). The standard InChI is InChI=1S/C13H25NO2/c1-13(2,3)9-14-11-7-5-6-10(8-11)12(15)16-4/h10-11,14H,5-9H2,1-4H3/t10-,11+/m0/s1. The van der Waals surface area contributed by atoms with E-state index in [-0.39, 0.29) is 11.9 Å². The van der Waals surface area contributed by atoms with Gasteiger partial charge in [0.05, 0.1) is 13.0 Å². The summed E-state index contributed by atoms with van der Waals surface area (Å²) in [7, 11) is 1.48. The van der Waals surface area contributed by atoms with E-state index in [2.05, 4.69) is 26.1 Å². The van der Waals surface area contributed by atoms with Gasteiger partial charge in [0.15, 0.2) is 0 Å². The van der Waals surface area contributed by atoms with Crippen molar-refractivity contribution in [1.82, 2.24) is 5.32 Å². The average molecular weight is 227 g/mol. The van der Waals surface area contributed by atoms with Gasteiger partial charge in [0, 0.05) is 12.6 Å². The molecule has 0 amide bonds. The summed E-state index contributed by atoms with van der Waals surface area (Å²) in [6.07, 6.45) is 4.23. The van der Waals surface area contributed by atoms with Crippen LogP contribution in [-0.4, -0.2) is 25.7 Å². The Morgan fingerprint density at radius 1 is 1.38 bits per heavy atom. The summed E-state index contributed by atoms with van der Waals surface area (Å²) in [5.74, 6) is 0.0680. The van der Waals surface area contributed by atoms with E-state index in [1.807, 2.05) is 0 Å². The Balaban J connectivity index is 2.36. The molecule has 0 spiro atoms. The highest BCUT2D eigenvalue weighted by Crippen LogP contribution is 2.25. The summed E-state index contributed by atoms with van der Waals surface area (Å²) < 4.78 is 4.82. The molecule has 0 bridgehead atoms. The fraction of sp³-hybridized carbons (Fsp3) is 0.923. The third-order valence-corrected chi connectivity index (χ3v) is 3.13. The molecule has 1 fully saturated rings. The minimum absolute atomic E-state index is 0.0396. The first kappa shape index (κ1) is 13.5. The zero-order valence-electron chi connectivity index (χ0n) is 11.0. The third-order valence-electron chi connectivity index (χ3n) is 3.13. The highest BCUT2D eigenvalue weighted by Gasteiger charge is 2.28. The lowest BCUT2D eigenvalue weighted by Crippen LogP contribution is -2.40. The highest BCUT2D eigenvalue weighted by molar-refractivity contribution is 5.72. The number of rotatable bonds is 3. The van der Waals surface area contributed by atoms with Crippen LogP contribution in [0.4, 0.5) is 0 Å². The number of esters is 1. The van der Waals surface area contributed by atoms with Crippen molar-refractivity contribution in [1.29, 1.82) is 0 Å². The fourth-order valence-electron chi connectivity index (χ4n) is 2.21. The topological polar surface area (TPSA) is 38.3 Å². The van der Waals surface area contributed by atoms with Crippen LogP contribution in [0.25, 0.3) is 0 Å². The summed E-state index contributed by atoms with van der Waals surface area (Å²) >= 11 is 0. The molecular weight excluding hydrogens is 202 g/mol. The van der Waals surface area contributed by atoms with Crippen LogP contribution < -0.4 is 5.32 Å². The minimum Gasteiger partial charge on any atom is -0.469 e. The van der Waals surface area contributed by atoms with Crippen molar-refractivity contribution < 1.29 is 9.53 Å². The van der Waals surface area contributed by atoms with E-state index in [1.54, 1.807) is 0 Å². The number of hydrogen-bond donors (Lipinski definition) is 1. The number of nitrogens with one attached hydrogen (secondary N) is 1. The van der Waals surface area contributed by atoms with Crippen molar-refractivity contribution in [3.63, 3.8) is 0 Å². The van der Waals surface area contributed by atoms with Gasteiger partial charge in [-0.3, -0.25) is 4.79 Å². The summed E-state index contributed by atoms with van der Waals surface area (Å²) in [6.45, 7) is 7.67. The largest absolute Gasteiger partial charge is 0.469 e. The zero-order chi connectivity index (χ0) is 12.2. The normalized spacial score (nSPS) is 26.5. The number of hydrogen-bond acceptors (Lipinski definition) is 3. The maximum absolute atomic E-state index is 11.5. The molecule has 1 saturated carbocycles. The highest BCUT2D eigenvalue weighted by atomic mass is 16.5. The lowest BCUT2D eigenvalue weighted by Gasteiger charge is -2.30. The SMILES string of the molecule is COC(=O)[C@H]1CCC[C@@H](NCC(C)(C)C)C1. The van der Waals surface area contributed by atoms with Crippen LogP contribution in [0.1, 0.15) is 46.5 Å². The van der Waals surface area contributed by atoms with E-state index >= 15 is 0 Å². The van der Waals surface area contributed by atoms with Crippen molar-refractivity contribution in [2.45, 2.75) is 52.5 Å². The maximum Gasteiger partial charge on any atom is 0.308 e. The van der Waals surface area contributed by atoms with Crippen LogP contribution in [0.5, 0.6) is 0 Å². The summed E-state index contributed by atoms with van der Waals surface area (Å²) in [5.41, 5.74) is 0.304. The molecule has 2 atom stereocenters. The molecule has 16 heavy (non-hydrogen) atoms. The first-order chi connectivity index (χ1) is 7.42. The summed E-state index contributed by atoms with van der Waals surface area (Å²) in [5, 5.41) is 3.56. The van der Waals surface area contributed by atoms with E-state index in [9.17, 15) is 4.79 Å². The van der Waals surface area contributed by atoms with Crippen LogP contribution in [0.3, 0.4) is 0 Å². The molecule has 0 aliphatic heterocycles. The molecular formula is C13H25NO2. The van der Waals surface area contributed by atoms with E-state index < -0.39 is 0 Å². The van der Waals surface area contributed by atoms with Crippen LogP contribution in [0, 0.1) is 11.3 Å². The van der Waals surface area contributed by atoms with Gasteiger partial charge < -0.3 is 10.1 Å². The molecule has 3 heteroatoms. The second kappa shape index (κ2) is 5.67. The molecule has 0 aromatic rings. The van der Waals surface area contributed by atoms with Crippen LogP contribution >= 0.6 is 0 Å². The lowest BCUT2D eigenvalue weighted by molar-refractivity contribution is -0.146. The molecule has 0 aromatic carbocycles. The van der Waals surface area contributed by atoms with Gasteiger partial charge in [0.2, 0.25) is 0 Å². The molecule has 94 valence electrons. The van der Waals surface area contributed by atoms with Gasteiger partial charge in [0.1, 0.15) is 0 Å². The van der Waals surface area contributed by atoms with Gasteiger partial charge in [-0.15, -0.1) is 0 Å². The maximum atomic E-state index is 11.5. The average Bonchev–Trinajstić information content (AvgIpc) is 2.25. The van der Waals surface area contributed by atoms with Gasteiger partial charge in [0.25, 0.3) is 0 Å². The van der Waals surface area contributed by atoms with Crippen LogP contribution in [0.2, 0.25) is 0 Å². The second-order valence-electron chi connectivity index (χ2n) is 6.03. The Bertz CT molecular complexity index is 233. The van der Waals surface area contributed by atoms with Gasteiger partial charge in [-0.1, -0.05) is 27.2 Å². The Morgan fingerprint density at radius 3 is 2.62 bits per heavy atom. The first-order valence-electron chi connectivity index (χ1n) is 6.23. The number of methoxy groups -OCH3 is 1. The number of carbonyl (C=O) groups excluding carboxylic acids is 1. The van der Waals surface area contributed by atoms with Crippen molar-refractivity contribution in [2.75, 3.05) is 13.7 Å². The first-order valence-corrected chi connectivity index (χ1v) is 6.23. The molecule has 0 unspecified atom stereocenters. The summed E-state index contributed by atoms with van der Waals surface area (Å²) in [4.78, 5) is 11.5. The third kappa shape index (κ3) is 4.52. The molecule has 1 aliphatic carbocycles. The second-order valence-corrected chi connectivity index (χ2v) is 6.03. The Morgan fingerprint density at radius 2 is 2.06 bits per heavy atom. The van der Waals surface area contributed by atoms with Gasteiger partial charge in [-0.25, -0.2) is 0 Å². The number of carbonyl (C=O) groups is 1. The van der Waals surface area contributed by atoms with Crippen LogP contribution in [0.15, 0.2) is 0 Å². The zero-order valence-corrected chi connectivity index (χ0v) is 11.0. The van der Waals surface area contributed by atoms with Gasteiger partial charge in [-0.05, 0) is 24.7 Å². The fourth-order valence-corrected chi connectivity index (χ4v) is 2.21. The van der Waals surface area contributed by atoms with Crippen molar-refractivity contribution >= 4 is 5.97 Å². The molecule has 0 heterocycles. The van der Waals surface area contributed by atoms with Crippen molar-refractivity contribution in [3.05, 3.63) is 0 Å². The molecule has 1 aliphatic rings. The van der Waals surface area contributed by atoms with Crippen molar-refractivity contribution in [3.8, 4) is 0 Å². The quantitative estimate of drug-likeness (QED) is 0.752. The van der Waals surface area contributed by atoms with E-state index in [1.165, 1.54) is 13.5 Å². The Hall–Kier alpha value is -0.570. The Labute approximate surface area is 98.9 Å². The summed E-state index contributed by atoms with van der Waals surface area (Å²) in [6, 6.07) is 0.483. The van der Waals surface area contributed by atoms with Crippen LogP contribution in [-0.2, 0) is 9.53 Å². The van der Waals surface area contributed by atoms with E-state index in [0.29, 0.717) is 11.5 Å². The lowest BCUT2D eigenvalue weighted by atomic mass is 9.85. The monoisotopic (exact) mass is 227 g/mol. The van der Waals surface area contributed by atoms with E-state index in [0.717, 1.165) is 25.8 Å². The Kier molecular flexibility index (Phi) is 4.78. The molecule has 0 radical (unpaired) electrons. The molecule has 0 saturated heterocycles. The van der Waals surface area contributed by atoms with Crippen molar-refractivity contribution in [2.24, 2.45) is 11.3 Å².